The van der Waals surface area contributed by atoms with E-state index in [0.29, 0.717) is 30.5 Å². The SMILES string of the molecule is COc1cc(P2(=O)CCC(N(C(=O)O)C(C)(C)C)CC2)ccc1[N+](=O)[O-]. The van der Waals surface area contributed by atoms with Crippen LogP contribution in [0.3, 0.4) is 0 Å². The summed E-state index contributed by atoms with van der Waals surface area (Å²) >= 11 is 0. The highest BCUT2D eigenvalue weighted by Crippen LogP contribution is 2.51. The van der Waals surface area contributed by atoms with Gasteiger partial charge in [-0.3, -0.25) is 10.1 Å². The summed E-state index contributed by atoms with van der Waals surface area (Å²) in [5.41, 5.74) is -0.698. The summed E-state index contributed by atoms with van der Waals surface area (Å²) in [4.78, 5) is 23.6. The van der Waals surface area contributed by atoms with Crippen molar-refractivity contribution in [2.45, 2.75) is 45.2 Å². The zero-order chi connectivity index (χ0) is 19.7. The van der Waals surface area contributed by atoms with Crippen LogP contribution in [-0.4, -0.2) is 52.0 Å². The molecule has 144 valence electrons. The molecule has 1 amide bonds. The van der Waals surface area contributed by atoms with Gasteiger partial charge in [-0.1, -0.05) is 0 Å². The van der Waals surface area contributed by atoms with Gasteiger partial charge in [0.1, 0.15) is 7.14 Å². The van der Waals surface area contributed by atoms with Crippen LogP contribution in [0.2, 0.25) is 0 Å². The maximum absolute atomic E-state index is 13.4. The van der Waals surface area contributed by atoms with E-state index in [1.54, 1.807) is 0 Å². The number of methoxy groups -OCH3 is 1. The average molecular weight is 384 g/mol. The average Bonchev–Trinajstić information content (AvgIpc) is 2.54. The van der Waals surface area contributed by atoms with Crippen molar-refractivity contribution in [2.24, 2.45) is 0 Å². The van der Waals surface area contributed by atoms with E-state index in [-0.39, 0.29) is 17.5 Å². The van der Waals surface area contributed by atoms with Crippen molar-refractivity contribution in [3.05, 3.63) is 28.3 Å². The maximum atomic E-state index is 13.4. The molecule has 1 saturated heterocycles. The lowest BCUT2D eigenvalue weighted by Gasteiger charge is -2.42. The van der Waals surface area contributed by atoms with E-state index in [1.807, 2.05) is 20.8 Å². The Bertz CT molecular complexity index is 746. The van der Waals surface area contributed by atoms with E-state index in [2.05, 4.69) is 0 Å². The summed E-state index contributed by atoms with van der Waals surface area (Å²) in [5, 5.41) is 21.1. The number of benzene rings is 1. The summed E-state index contributed by atoms with van der Waals surface area (Å²) in [7, 11) is -1.40. The summed E-state index contributed by atoms with van der Waals surface area (Å²) < 4.78 is 18.5. The predicted octanol–water partition coefficient (Wildman–Crippen LogP) is 3.53. The molecule has 1 aliphatic heterocycles. The van der Waals surface area contributed by atoms with Crippen molar-refractivity contribution in [1.29, 1.82) is 0 Å². The molecule has 0 atom stereocenters. The van der Waals surface area contributed by atoms with Crippen LogP contribution >= 0.6 is 7.14 Å². The number of rotatable bonds is 4. The fraction of sp³-hybridized carbons (Fsp3) is 0.588. The fourth-order valence-electron chi connectivity index (χ4n) is 3.55. The third-order valence-electron chi connectivity index (χ3n) is 4.77. The van der Waals surface area contributed by atoms with Gasteiger partial charge in [0.15, 0.2) is 5.75 Å². The molecule has 1 fully saturated rings. The Balaban J connectivity index is 2.24. The highest BCUT2D eigenvalue weighted by Gasteiger charge is 2.39. The summed E-state index contributed by atoms with van der Waals surface area (Å²) in [5.74, 6) is 0.0895. The van der Waals surface area contributed by atoms with Gasteiger partial charge in [0, 0.05) is 35.3 Å². The van der Waals surface area contributed by atoms with E-state index in [9.17, 15) is 24.6 Å². The summed E-state index contributed by atoms with van der Waals surface area (Å²) in [6, 6.07) is 4.14. The van der Waals surface area contributed by atoms with E-state index in [4.69, 9.17) is 4.74 Å². The highest BCUT2D eigenvalue weighted by atomic mass is 31.2. The van der Waals surface area contributed by atoms with Gasteiger partial charge in [-0.2, -0.15) is 0 Å². The van der Waals surface area contributed by atoms with Crippen molar-refractivity contribution in [1.82, 2.24) is 4.90 Å². The standard InChI is InChI=1S/C17H25N2O6P/c1-17(2,3)18(16(20)21)12-7-9-26(24,10-8-12)13-5-6-14(19(22)23)15(11-13)25-4/h5-6,11-12H,7-10H2,1-4H3,(H,20,21). The first-order valence-corrected chi connectivity index (χ1v) is 10.5. The minimum absolute atomic E-state index is 0.0895. The van der Waals surface area contributed by atoms with Gasteiger partial charge in [0.2, 0.25) is 0 Å². The Morgan fingerprint density at radius 2 is 1.92 bits per heavy atom. The van der Waals surface area contributed by atoms with E-state index >= 15 is 0 Å². The molecule has 0 bridgehead atoms. The Morgan fingerprint density at radius 1 is 1.35 bits per heavy atom. The van der Waals surface area contributed by atoms with Crippen molar-refractivity contribution in [2.75, 3.05) is 19.4 Å². The van der Waals surface area contributed by atoms with Crippen LogP contribution in [0.4, 0.5) is 10.5 Å². The molecule has 0 aromatic heterocycles. The quantitative estimate of drug-likeness (QED) is 0.483. The number of ether oxygens (including phenoxy) is 1. The number of hydrogen-bond acceptors (Lipinski definition) is 5. The number of carbonyl (C=O) groups is 1. The lowest BCUT2D eigenvalue weighted by Crippen LogP contribution is -2.52. The molecular formula is C17H25N2O6P. The number of carboxylic acid groups (broad SMARTS) is 1. The molecule has 8 nitrogen and oxygen atoms in total. The number of nitro groups is 1. The second-order valence-electron chi connectivity index (χ2n) is 7.50. The maximum Gasteiger partial charge on any atom is 0.407 e. The molecule has 0 unspecified atom stereocenters. The Kier molecular flexibility index (Phi) is 5.66. The zero-order valence-corrected chi connectivity index (χ0v) is 16.4. The molecule has 0 saturated carbocycles. The van der Waals surface area contributed by atoms with Gasteiger partial charge >= 0.3 is 11.8 Å². The zero-order valence-electron chi connectivity index (χ0n) is 15.5. The van der Waals surface area contributed by atoms with E-state index < -0.39 is 23.7 Å². The normalized spacial score (nSPS) is 23.3. The van der Waals surface area contributed by atoms with Gasteiger partial charge < -0.3 is 19.3 Å². The molecule has 1 N–H and O–H groups in total. The predicted molar refractivity (Wildman–Crippen MR) is 99.3 cm³/mol. The first-order valence-electron chi connectivity index (χ1n) is 8.43. The minimum Gasteiger partial charge on any atom is -0.490 e. The molecule has 1 heterocycles. The largest absolute Gasteiger partial charge is 0.490 e. The Labute approximate surface area is 152 Å². The molecule has 1 aromatic rings. The first-order chi connectivity index (χ1) is 12.0. The summed E-state index contributed by atoms with van der Waals surface area (Å²) in [6.07, 6.45) is 0.772. The highest BCUT2D eigenvalue weighted by molar-refractivity contribution is 7.71. The van der Waals surface area contributed by atoms with Crippen molar-refractivity contribution in [3.8, 4) is 5.75 Å². The van der Waals surface area contributed by atoms with Gasteiger partial charge in [0.05, 0.1) is 12.0 Å². The number of amides is 1. The van der Waals surface area contributed by atoms with Crippen LogP contribution in [0.25, 0.3) is 0 Å². The molecule has 9 heteroatoms. The lowest BCUT2D eigenvalue weighted by atomic mass is 10.0. The molecule has 26 heavy (non-hydrogen) atoms. The Morgan fingerprint density at radius 3 is 2.35 bits per heavy atom. The van der Waals surface area contributed by atoms with E-state index in [1.165, 1.54) is 30.2 Å². The monoisotopic (exact) mass is 384 g/mol. The summed E-state index contributed by atoms with van der Waals surface area (Å²) in [6.45, 7) is 5.53. The fourth-order valence-corrected chi connectivity index (χ4v) is 6.42. The number of nitro benzene ring substituents is 1. The third kappa shape index (κ3) is 4.01. The Hall–Kier alpha value is -2.08. The van der Waals surface area contributed by atoms with Gasteiger partial charge in [0.25, 0.3) is 0 Å². The van der Waals surface area contributed by atoms with Crippen LogP contribution in [0.5, 0.6) is 5.75 Å². The van der Waals surface area contributed by atoms with Crippen LogP contribution in [0, 0.1) is 10.1 Å². The van der Waals surface area contributed by atoms with Gasteiger partial charge in [-0.15, -0.1) is 0 Å². The lowest BCUT2D eigenvalue weighted by molar-refractivity contribution is -0.385. The van der Waals surface area contributed by atoms with Crippen LogP contribution in [-0.2, 0) is 4.57 Å². The van der Waals surface area contributed by atoms with E-state index in [0.717, 1.165) is 0 Å². The molecule has 1 aliphatic rings. The van der Waals surface area contributed by atoms with Gasteiger partial charge in [-0.25, -0.2) is 4.79 Å². The van der Waals surface area contributed by atoms with Crippen molar-refractivity contribution >= 4 is 24.2 Å². The smallest absolute Gasteiger partial charge is 0.407 e. The first kappa shape index (κ1) is 20.2. The number of hydrogen-bond donors (Lipinski definition) is 1. The van der Waals surface area contributed by atoms with Crippen LogP contribution in [0.1, 0.15) is 33.6 Å². The molecule has 2 rings (SSSR count). The van der Waals surface area contributed by atoms with Gasteiger partial charge in [-0.05, 0) is 45.7 Å². The van der Waals surface area contributed by atoms with Crippen LogP contribution in [0.15, 0.2) is 18.2 Å². The topological polar surface area (TPSA) is 110 Å². The van der Waals surface area contributed by atoms with Crippen molar-refractivity contribution in [3.63, 3.8) is 0 Å². The number of nitrogens with zero attached hydrogens (tertiary/aromatic N) is 2. The molecule has 0 radical (unpaired) electrons. The van der Waals surface area contributed by atoms with Crippen molar-refractivity contribution < 1.29 is 24.1 Å². The second-order valence-corrected chi connectivity index (χ2v) is 10.7. The molecule has 1 aromatic carbocycles. The second kappa shape index (κ2) is 7.27. The third-order valence-corrected chi connectivity index (χ3v) is 7.95. The molecule has 0 spiro atoms. The minimum atomic E-state index is -2.74. The van der Waals surface area contributed by atoms with Crippen LogP contribution < -0.4 is 10.0 Å². The molecular weight excluding hydrogens is 359 g/mol. The molecule has 0 aliphatic carbocycles.